The van der Waals surface area contributed by atoms with Crippen molar-refractivity contribution in [3.8, 4) is 11.1 Å². The van der Waals surface area contributed by atoms with Gasteiger partial charge in [-0.05, 0) is 49.7 Å². The molecule has 0 amide bonds. The summed E-state index contributed by atoms with van der Waals surface area (Å²) in [5.41, 5.74) is 4.52. The molecular weight excluding hydrogens is 449 g/mol. The second-order valence-corrected chi connectivity index (χ2v) is 8.04. The van der Waals surface area contributed by atoms with Crippen LogP contribution in [-0.4, -0.2) is 49.8 Å². The largest absolute Gasteiger partial charge is 0.490 e. The van der Waals surface area contributed by atoms with Crippen LogP contribution in [0.25, 0.3) is 16.8 Å². The Morgan fingerprint density at radius 1 is 1.06 bits per heavy atom. The average molecular weight is 472 g/mol. The molecule has 1 aromatic carbocycles. The maximum absolute atomic E-state index is 10.6. The van der Waals surface area contributed by atoms with Crippen molar-refractivity contribution in [3.05, 3.63) is 78.6 Å². The zero-order valence-electron chi connectivity index (χ0n) is 18.2. The zero-order chi connectivity index (χ0) is 24.1. The summed E-state index contributed by atoms with van der Waals surface area (Å²) in [7, 11) is 0. The van der Waals surface area contributed by atoms with Crippen molar-refractivity contribution in [2.75, 3.05) is 13.1 Å². The van der Waals surface area contributed by atoms with E-state index in [9.17, 15) is 13.2 Å². The zero-order valence-corrected chi connectivity index (χ0v) is 18.2. The molecule has 1 aliphatic heterocycles. The predicted octanol–water partition coefficient (Wildman–Crippen LogP) is 5.00. The molecule has 1 saturated heterocycles. The van der Waals surface area contributed by atoms with Crippen LogP contribution in [-0.2, 0) is 11.3 Å². The van der Waals surface area contributed by atoms with Crippen molar-refractivity contribution in [2.24, 2.45) is 0 Å². The molecule has 3 aromatic heterocycles. The number of aromatic nitrogens is 3. The fourth-order valence-electron chi connectivity index (χ4n) is 3.86. The van der Waals surface area contributed by atoms with Gasteiger partial charge in [-0.1, -0.05) is 30.3 Å². The standard InChI is InChI=1S/C22H22N4O.C2HF3O2/c1-2-4-18(5-3-1)20-6-7-21-23-22(24-26(21)15-20)19-8-11-25(12-9-19)14-17-10-13-27-16-17;3-2(4,5)1(6)7/h1-7,10,13,15-16,19H,8-9,11-12,14H2;(H,6,7). The number of furan rings is 1. The van der Waals surface area contributed by atoms with Gasteiger partial charge < -0.3 is 9.52 Å². The van der Waals surface area contributed by atoms with Crippen LogP contribution < -0.4 is 0 Å². The molecule has 1 fully saturated rings. The van der Waals surface area contributed by atoms with E-state index in [4.69, 9.17) is 24.4 Å². The third-order valence-corrected chi connectivity index (χ3v) is 5.64. The molecule has 0 saturated carbocycles. The minimum Gasteiger partial charge on any atom is -0.475 e. The third-order valence-electron chi connectivity index (χ3n) is 5.64. The van der Waals surface area contributed by atoms with Gasteiger partial charge in [0.15, 0.2) is 11.5 Å². The molecule has 0 bridgehead atoms. The van der Waals surface area contributed by atoms with Gasteiger partial charge in [-0.2, -0.15) is 18.3 Å². The second kappa shape index (κ2) is 10.1. The monoisotopic (exact) mass is 472 g/mol. The lowest BCUT2D eigenvalue weighted by Gasteiger charge is -2.30. The lowest BCUT2D eigenvalue weighted by molar-refractivity contribution is -0.192. The molecule has 178 valence electrons. The van der Waals surface area contributed by atoms with Gasteiger partial charge in [0.2, 0.25) is 0 Å². The summed E-state index contributed by atoms with van der Waals surface area (Å²) < 4.78 is 38.8. The van der Waals surface area contributed by atoms with E-state index in [0.717, 1.165) is 49.5 Å². The number of piperidine rings is 1. The minimum atomic E-state index is -5.08. The Kier molecular flexibility index (Phi) is 6.97. The Hall–Kier alpha value is -3.66. The van der Waals surface area contributed by atoms with Gasteiger partial charge in [0, 0.05) is 29.8 Å². The number of pyridine rings is 1. The van der Waals surface area contributed by atoms with E-state index in [-0.39, 0.29) is 0 Å². The first kappa shape index (κ1) is 23.5. The van der Waals surface area contributed by atoms with Crippen LogP contribution in [0.5, 0.6) is 0 Å². The van der Waals surface area contributed by atoms with E-state index in [1.165, 1.54) is 11.1 Å². The molecule has 0 atom stereocenters. The van der Waals surface area contributed by atoms with Crippen LogP contribution in [0, 0.1) is 0 Å². The number of benzene rings is 1. The molecular formula is C24H23F3N4O3. The number of rotatable bonds is 4. The Bertz CT molecular complexity index is 1220. The second-order valence-electron chi connectivity index (χ2n) is 8.04. The van der Waals surface area contributed by atoms with Crippen molar-refractivity contribution < 1.29 is 27.5 Å². The maximum atomic E-state index is 10.6. The highest BCUT2D eigenvalue weighted by atomic mass is 19.4. The summed E-state index contributed by atoms with van der Waals surface area (Å²) in [6.07, 6.45) is 2.77. The molecule has 0 unspecified atom stereocenters. The first-order valence-electron chi connectivity index (χ1n) is 10.7. The molecule has 0 radical (unpaired) electrons. The van der Waals surface area contributed by atoms with E-state index in [2.05, 4.69) is 47.5 Å². The molecule has 10 heteroatoms. The van der Waals surface area contributed by atoms with Crippen LogP contribution in [0.3, 0.4) is 0 Å². The number of hydrogen-bond acceptors (Lipinski definition) is 5. The summed E-state index contributed by atoms with van der Waals surface area (Å²) in [6, 6.07) is 16.6. The van der Waals surface area contributed by atoms with Gasteiger partial charge in [0.25, 0.3) is 0 Å². The number of likely N-dealkylation sites (tertiary alicyclic amines) is 1. The summed E-state index contributed by atoms with van der Waals surface area (Å²) >= 11 is 0. The predicted molar refractivity (Wildman–Crippen MR) is 118 cm³/mol. The highest BCUT2D eigenvalue weighted by Crippen LogP contribution is 2.27. The maximum Gasteiger partial charge on any atom is 0.490 e. The number of carbonyl (C=O) groups is 1. The quantitative estimate of drug-likeness (QED) is 0.450. The lowest BCUT2D eigenvalue weighted by atomic mass is 9.96. The van der Waals surface area contributed by atoms with E-state index < -0.39 is 12.1 Å². The number of alkyl halides is 3. The van der Waals surface area contributed by atoms with E-state index in [1.54, 1.807) is 6.26 Å². The van der Waals surface area contributed by atoms with Crippen molar-refractivity contribution in [1.29, 1.82) is 0 Å². The molecule has 1 N–H and O–H groups in total. The summed E-state index contributed by atoms with van der Waals surface area (Å²) in [5.74, 6) is -1.35. The van der Waals surface area contributed by atoms with Crippen LogP contribution in [0.4, 0.5) is 13.2 Å². The van der Waals surface area contributed by atoms with Crippen molar-refractivity contribution in [3.63, 3.8) is 0 Å². The van der Waals surface area contributed by atoms with Crippen LogP contribution >= 0.6 is 0 Å². The molecule has 34 heavy (non-hydrogen) atoms. The summed E-state index contributed by atoms with van der Waals surface area (Å²) in [5, 5.41) is 11.9. The fraction of sp³-hybridized carbons (Fsp3) is 0.292. The first-order chi connectivity index (χ1) is 16.3. The number of nitrogens with zero attached hydrogens (tertiary/aromatic N) is 4. The molecule has 4 heterocycles. The van der Waals surface area contributed by atoms with Gasteiger partial charge in [0.05, 0.1) is 12.5 Å². The van der Waals surface area contributed by atoms with Crippen molar-refractivity contribution in [2.45, 2.75) is 31.5 Å². The average Bonchev–Trinajstić information content (AvgIpc) is 3.49. The Morgan fingerprint density at radius 2 is 1.76 bits per heavy atom. The van der Waals surface area contributed by atoms with Crippen molar-refractivity contribution >= 4 is 11.6 Å². The third kappa shape index (κ3) is 5.82. The van der Waals surface area contributed by atoms with Crippen LogP contribution in [0.15, 0.2) is 71.7 Å². The van der Waals surface area contributed by atoms with E-state index >= 15 is 0 Å². The number of aliphatic carboxylic acids is 1. The normalized spacial score (nSPS) is 15.1. The highest BCUT2D eigenvalue weighted by molar-refractivity contribution is 5.73. The molecule has 4 aromatic rings. The van der Waals surface area contributed by atoms with Crippen LogP contribution in [0.2, 0.25) is 0 Å². The lowest BCUT2D eigenvalue weighted by Crippen LogP contribution is -2.32. The van der Waals surface area contributed by atoms with E-state index in [1.807, 2.05) is 22.9 Å². The number of carboxylic acid groups (broad SMARTS) is 1. The highest BCUT2D eigenvalue weighted by Gasteiger charge is 2.38. The topological polar surface area (TPSA) is 83.9 Å². The van der Waals surface area contributed by atoms with Gasteiger partial charge in [-0.25, -0.2) is 14.3 Å². The molecule has 0 aliphatic carbocycles. The fourth-order valence-corrected chi connectivity index (χ4v) is 3.86. The van der Waals surface area contributed by atoms with Gasteiger partial charge in [0.1, 0.15) is 0 Å². The molecule has 7 nitrogen and oxygen atoms in total. The van der Waals surface area contributed by atoms with Gasteiger partial charge >= 0.3 is 12.1 Å². The van der Waals surface area contributed by atoms with Gasteiger partial charge in [-0.3, -0.25) is 4.90 Å². The van der Waals surface area contributed by atoms with E-state index in [0.29, 0.717) is 5.92 Å². The Balaban J connectivity index is 0.000000344. The van der Waals surface area contributed by atoms with Gasteiger partial charge in [-0.15, -0.1) is 0 Å². The number of fused-ring (bicyclic) bond motifs is 1. The first-order valence-corrected chi connectivity index (χ1v) is 10.7. The summed E-state index contributed by atoms with van der Waals surface area (Å²) in [6.45, 7) is 3.10. The summed E-state index contributed by atoms with van der Waals surface area (Å²) in [4.78, 5) is 16.2. The Labute approximate surface area is 193 Å². The number of carboxylic acids is 1. The molecule has 0 spiro atoms. The molecule has 1 aliphatic rings. The molecule has 5 rings (SSSR count). The number of halogens is 3. The Morgan fingerprint density at radius 3 is 2.38 bits per heavy atom. The van der Waals surface area contributed by atoms with Crippen LogP contribution in [0.1, 0.15) is 30.1 Å². The SMILES string of the molecule is O=C(O)C(F)(F)F.c1ccc(-c2ccc3nc(C4CCN(Cc5ccoc5)CC4)nn3c2)cc1. The van der Waals surface area contributed by atoms with Crippen molar-refractivity contribution in [1.82, 2.24) is 19.5 Å². The smallest absolute Gasteiger partial charge is 0.475 e. The minimum absolute atomic E-state index is 0.436. The number of hydrogen-bond donors (Lipinski definition) is 1.